The molecule has 2 fully saturated rings. The Hall–Kier alpha value is -1.60. The highest BCUT2D eigenvalue weighted by atomic mass is 16.7. The predicted molar refractivity (Wildman–Crippen MR) is 110 cm³/mol. The third kappa shape index (κ3) is 4.52. The quantitative estimate of drug-likeness (QED) is 0.726. The summed E-state index contributed by atoms with van der Waals surface area (Å²) in [5.41, 5.74) is 0.622. The number of nitrogens with zero attached hydrogens (tertiary/aromatic N) is 2. The number of rotatable bonds is 2. The van der Waals surface area contributed by atoms with Gasteiger partial charge >= 0.3 is 13.2 Å². The van der Waals surface area contributed by atoms with Crippen molar-refractivity contribution in [1.29, 1.82) is 0 Å². The maximum atomic E-state index is 12.3. The molecule has 3 heterocycles. The lowest BCUT2D eigenvalue weighted by Crippen LogP contribution is -2.42. The number of likely N-dealkylation sites (tertiary alicyclic amines) is 1. The molecule has 2 saturated heterocycles. The zero-order valence-electron chi connectivity index (χ0n) is 18.2. The van der Waals surface area contributed by atoms with Gasteiger partial charge in [0.2, 0.25) is 0 Å². The summed E-state index contributed by atoms with van der Waals surface area (Å²) in [4.78, 5) is 18.9. The summed E-state index contributed by atoms with van der Waals surface area (Å²) >= 11 is 0. The number of ether oxygens (including phenoxy) is 1. The normalized spacial score (nSPS) is 22.4. The summed E-state index contributed by atoms with van der Waals surface area (Å²) in [6.45, 7) is 15.2. The van der Waals surface area contributed by atoms with Crippen molar-refractivity contribution in [3.05, 3.63) is 23.9 Å². The average Bonchev–Trinajstić information content (AvgIpc) is 2.81. The van der Waals surface area contributed by atoms with Gasteiger partial charge in [0.25, 0.3) is 0 Å². The Bertz CT molecular complexity index is 705. The molecule has 1 aromatic heterocycles. The lowest BCUT2D eigenvalue weighted by Gasteiger charge is -2.33. The van der Waals surface area contributed by atoms with Gasteiger partial charge in [-0.25, -0.2) is 4.79 Å². The van der Waals surface area contributed by atoms with E-state index < -0.39 is 12.7 Å². The summed E-state index contributed by atoms with van der Waals surface area (Å²) in [5.74, 6) is 0.320. The van der Waals surface area contributed by atoms with E-state index in [1.807, 2.05) is 60.6 Å². The van der Waals surface area contributed by atoms with Gasteiger partial charge < -0.3 is 18.9 Å². The van der Waals surface area contributed by atoms with E-state index in [0.717, 1.165) is 24.1 Å². The van der Waals surface area contributed by atoms with Crippen molar-refractivity contribution in [2.75, 3.05) is 13.1 Å². The van der Waals surface area contributed by atoms with Crippen molar-refractivity contribution >= 4 is 18.8 Å². The number of carbonyl (C=O) groups is 1. The van der Waals surface area contributed by atoms with Gasteiger partial charge in [0.05, 0.1) is 16.8 Å². The highest BCUT2D eigenvalue weighted by Crippen LogP contribution is 2.36. The molecule has 0 spiro atoms. The fourth-order valence-electron chi connectivity index (χ4n) is 3.48. The number of aromatic nitrogens is 1. The van der Waals surface area contributed by atoms with Crippen LogP contribution in [0.25, 0.3) is 0 Å². The molecule has 0 atom stereocenters. The lowest BCUT2D eigenvalue weighted by atomic mass is 9.83. The van der Waals surface area contributed by atoms with Crippen LogP contribution < -0.4 is 5.59 Å². The standard InChI is InChI=1S/C21H33BN2O4/c1-19(2,3)26-18(25)24-13-11-15(12-14-24)16-9-8-10-17(23-16)22-27-20(4,5)21(6,7)28-22/h8-10,15H,11-14H2,1-7H3. The zero-order valence-corrected chi connectivity index (χ0v) is 18.2. The number of piperidine rings is 1. The molecule has 3 rings (SSSR count). The highest BCUT2D eigenvalue weighted by molar-refractivity contribution is 6.61. The van der Waals surface area contributed by atoms with E-state index in [4.69, 9.17) is 19.0 Å². The average molecular weight is 388 g/mol. The summed E-state index contributed by atoms with van der Waals surface area (Å²) in [7, 11) is -0.452. The molecule has 1 aromatic rings. The molecule has 2 aliphatic rings. The van der Waals surface area contributed by atoms with Crippen LogP contribution in [-0.2, 0) is 14.0 Å². The molecular weight excluding hydrogens is 355 g/mol. The first kappa shape index (κ1) is 21.1. The monoisotopic (exact) mass is 388 g/mol. The molecular formula is C21H33BN2O4. The molecule has 0 radical (unpaired) electrons. The Morgan fingerprint density at radius 2 is 1.71 bits per heavy atom. The molecule has 0 N–H and O–H groups in total. The Balaban J connectivity index is 1.64. The van der Waals surface area contributed by atoms with Crippen molar-refractivity contribution < 1.29 is 18.8 Å². The van der Waals surface area contributed by atoms with Crippen LogP contribution in [0.4, 0.5) is 4.79 Å². The van der Waals surface area contributed by atoms with E-state index in [1.54, 1.807) is 4.90 Å². The number of carbonyl (C=O) groups excluding carboxylic acids is 1. The van der Waals surface area contributed by atoms with Crippen molar-refractivity contribution in [3.8, 4) is 0 Å². The summed E-state index contributed by atoms with van der Waals surface area (Å²) in [6, 6.07) is 6.03. The molecule has 2 aliphatic heterocycles. The van der Waals surface area contributed by atoms with Crippen LogP contribution in [-0.4, -0.2) is 53.0 Å². The number of hydrogen-bond donors (Lipinski definition) is 0. The summed E-state index contributed by atoms with van der Waals surface area (Å²) in [6.07, 6.45) is 1.52. The van der Waals surface area contributed by atoms with Gasteiger partial charge in [-0.3, -0.25) is 4.98 Å². The highest BCUT2D eigenvalue weighted by Gasteiger charge is 2.52. The first-order valence-corrected chi connectivity index (χ1v) is 10.2. The van der Waals surface area contributed by atoms with Crippen LogP contribution in [0.3, 0.4) is 0 Å². The maximum absolute atomic E-state index is 12.3. The first-order chi connectivity index (χ1) is 12.9. The summed E-state index contributed by atoms with van der Waals surface area (Å²) < 4.78 is 17.7. The van der Waals surface area contributed by atoms with Crippen molar-refractivity contribution in [1.82, 2.24) is 9.88 Å². The van der Waals surface area contributed by atoms with Gasteiger partial charge in [-0.1, -0.05) is 6.07 Å². The van der Waals surface area contributed by atoms with Gasteiger partial charge in [0.1, 0.15) is 5.60 Å². The molecule has 0 bridgehead atoms. The molecule has 1 amide bonds. The van der Waals surface area contributed by atoms with E-state index >= 15 is 0 Å². The van der Waals surface area contributed by atoms with E-state index in [0.29, 0.717) is 19.0 Å². The van der Waals surface area contributed by atoms with Crippen molar-refractivity contribution in [3.63, 3.8) is 0 Å². The topological polar surface area (TPSA) is 60.9 Å². The molecule has 0 aromatic carbocycles. The van der Waals surface area contributed by atoms with Crippen LogP contribution >= 0.6 is 0 Å². The van der Waals surface area contributed by atoms with Gasteiger partial charge in [-0.05, 0) is 73.4 Å². The second-order valence-electron chi connectivity index (χ2n) is 9.82. The zero-order chi connectivity index (χ0) is 20.7. The third-order valence-electron chi connectivity index (χ3n) is 5.85. The van der Waals surface area contributed by atoms with Crippen LogP contribution in [0.5, 0.6) is 0 Å². The van der Waals surface area contributed by atoms with E-state index in [9.17, 15) is 4.79 Å². The van der Waals surface area contributed by atoms with Crippen molar-refractivity contribution in [2.45, 2.75) is 84.0 Å². The predicted octanol–water partition coefficient (Wildman–Crippen LogP) is 3.50. The molecule has 6 nitrogen and oxygen atoms in total. The Morgan fingerprint density at radius 3 is 2.25 bits per heavy atom. The maximum Gasteiger partial charge on any atom is 0.514 e. The summed E-state index contributed by atoms with van der Waals surface area (Å²) in [5, 5.41) is 0. The minimum Gasteiger partial charge on any atom is -0.444 e. The molecule has 28 heavy (non-hydrogen) atoms. The first-order valence-electron chi connectivity index (χ1n) is 10.2. The SMILES string of the molecule is CC(C)(C)OC(=O)N1CCC(c2cccc(B3OC(C)(C)C(C)(C)O3)n2)CC1. The van der Waals surface area contributed by atoms with Gasteiger partial charge in [-0.15, -0.1) is 0 Å². The number of pyridine rings is 1. The Labute approximate surface area is 169 Å². The second-order valence-corrected chi connectivity index (χ2v) is 9.82. The third-order valence-corrected chi connectivity index (χ3v) is 5.85. The largest absolute Gasteiger partial charge is 0.514 e. The number of amides is 1. The van der Waals surface area contributed by atoms with Crippen LogP contribution in [0.1, 0.15) is 72.9 Å². The lowest BCUT2D eigenvalue weighted by molar-refractivity contribution is 0.00578. The molecule has 0 aliphatic carbocycles. The van der Waals surface area contributed by atoms with Crippen molar-refractivity contribution in [2.24, 2.45) is 0 Å². The number of hydrogen-bond acceptors (Lipinski definition) is 5. The van der Waals surface area contributed by atoms with E-state index in [1.165, 1.54) is 0 Å². The Morgan fingerprint density at radius 1 is 1.14 bits per heavy atom. The Kier molecular flexibility index (Phi) is 5.54. The van der Waals surface area contributed by atoms with Crippen LogP contribution in [0.2, 0.25) is 0 Å². The molecule has 154 valence electrons. The van der Waals surface area contributed by atoms with Crippen LogP contribution in [0, 0.1) is 0 Å². The second kappa shape index (κ2) is 7.34. The minimum atomic E-state index is -0.466. The molecule has 0 saturated carbocycles. The van der Waals surface area contributed by atoms with Crippen LogP contribution in [0.15, 0.2) is 18.2 Å². The van der Waals surface area contributed by atoms with Gasteiger partial charge in [0.15, 0.2) is 0 Å². The molecule has 7 heteroatoms. The van der Waals surface area contributed by atoms with Gasteiger partial charge in [0, 0.05) is 24.7 Å². The fourth-order valence-corrected chi connectivity index (χ4v) is 3.48. The minimum absolute atomic E-state index is 0.232. The molecule has 0 unspecified atom stereocenters. The van der Waals surface area contributed by atoms with Gasteiger partial charge in [-0.2, -0.15) is 0 Å². The smallest absolute Gasteiger partial charge is 0.444 e. The van der Waals surface area contributed by atoms with E-state index in [-0.39, 0.29) is 17.3 Å². The fraction of sp³-hybridized carbons (Fsp3) is 0.714. The van der Waals surface area contributed by atoms with E-state index in [2.05, 4.69) is 6.07 Å².